The predicted octanol–water partition coefficient (Wildman–Crippen LogP) is 2.96. The number of rotatable bonds is 8. The molecule has 2 aromatic rings. The van der Waals surface area contributed by atoms with Crippen molar-refractivity contribution in [1.82, 2.24) is 15.3 Å². The lowest BCUT2D eigenvalue weighted by molar-refractivity contribution is -0.127. The fourth-order valence-corrected chi connectivity index (χ4v) is 3.28. The number of nitrogens with one attached hydrogen (secondary N) is 1. The van der Waals surface area contributed by atoms with Gasteiger partial charge in [-0.25, -0.2) is 4.98 Å². The molecule has 1 amide bonds. The summed E-state index contributed by atoms with van der Waals surface area (Å²) in [5, 5.41) is 2.85. The summed E-state index contributed by atoms with van der Waals surface area (Å²) in [5.41, 5.74) is 2.18. The van der Waals surface area contributed by atoms with Crippen LogP contribution in [-0.2, 0) is 4.79 Å². The number of nitrogens with zero attached hydrogens (tertiary/aromatic N) is 3. The van der Waals surface area contributed by atoms with Crippen LogP contribution in [0.1, 0.15) is 36.7 Å². The minimum Gasteiger partial charge on any atom is -0.481 e. The second-order valence-corrected chi connectivity index (χ2v) is 7.40. The Labute approximate surface area is 172 Å². The molecule has 7 nitrogen and oxygen atoms in total. The lowest BCUT2D eigenvalue weighted by Crippen LogP contribution is -2.38. The lowest BCUT2D eigenvalue weighted by Gasteiger charge is -2.18. The number of hydrogen-bond acceptors (Lipinski definition) is 6. The van der Waals surface area contributed by atoms with E-state index in [-0.39, 0.29) is 5.91 Å². The van der Waals surface area contributed by atoms with Gasteiger partial charge < -0.3 is 19.7 Å². The second-order valence-electron chi connectivity index (χ2n) is 7.40. The van der Waals surface area contributed by atoms with E-state index in [4.69, 9.17) is 9.47 Å². The summed E-state index contributed by atoms with van der Waals surface area (Å²) in [6, 6.07) is 7.70. The Morgan fingerprint density at radius 1 is 1.21 bits per heavy atom. The summed E-state index contributed by atoms with van der Waals surface area (Å²) >= 11 is 0. The highest BCUT2D eigenvalue weighted by molar-refractivity contribution is 5.80. The van der Waals surface area contributed by atoms with Crippen molar-refractivity contribution < 1.29 is 14.3 Å². The van der Waals surface area contributed by atoms with E-state index in [1.807, 2.05) is 45.0 Å². The Kier molecular flexibility index (Phi) is 6.90. The number of amides is 1. The SMILES string of the molecule is Cc1nc(OCCNC(=O)C(C)Oc2cccc(C)c2C)cc(N2CCCC2)n1. The minimum atomic E-state index is -0.585. The van der Waals surface area contributed by atoms with Crippen LogP contribution in [-0.4, -0.2) is 48.2 Å². The van der Waals surface area contributed by atoms with Crippen LogP contribution in [0.5, 0.6) is 11.6 Å². The normalized spacial score (nSPS) is 14.6. The van der Waals surface area contributed by atoms with Crippen LogP contribution in [0.15, 0.2) is 24.3 Å². The summed E-state index contributed by atoms with van der Waals surface area (Å²) < 4.78 is 11.5. The summed E-state index contributed by atoms with van der Waals surface area (Å²) in [6.45, 7) is 10.4. The summed E-state index contributed by atoms with van der Waals surface area (Å²) in [5.74, 6) is 2.68. The minimum absolute atomic E-state index is 0.175. The summed E-state index contributed by atoms with van der Waals surface area (Å²) in [4.78, 5) is 23.4. The van der Waals surface area contributed by atoms with Crippen molar-refractivity contribution >= 4 is 11.7 Å². The molecule has 1 aromatic heterocycles. The fraction of sp³-hybridized carbons (Fsp3) is 0.500. The average Bonchev–Trinajstić information content (AvgIpc) is 3.23. The number of aryl methyl sites for hydroxylation is 2. The molecule has 0 radical (unpaired) electrons. The van der Waals surface area contributed by atoms with E-state index in [1.54, 1.807) is 6.92 Å². The number of hydrogen-bond donors (Lipinski definition) is 1. The van der Waals surface area contributed by atoms with Crippen LogP contribution >= 0.6 is 0 Å². The lowest BCUT2D eigenvalue weighted by atomic mass is 10.1. The first-order valence-electron chi connectivity index (χ1n) is 10.2. The van der Waals surface area contributed by atoms with E-state index in [2.05, 4.69) is 20.2 Å². The van der Waals surface area contributed by atoms with Crippen LogP contribution in [0.3, 0.4) is 0 Å². The van der Waals surface area contributed by atoms with Gasteiger partial charge in [-0.2, -0.15) is 4.98 Å². The van der Waals surface area contributed by atoms with E-state index in [0.717, 1.165) is 35.8 Å². The Morgan fingerprint density at radius 3 is 2.72 bits per heavy atom. The topological polar surface area (TPSA) is 76.6 Å². The molecule has 1 N–H and O–H groups in total. The van der Waals surface area contributed by atoms with Crippen molar-refractivity contribution in [2.45, 2.75) is 46.6 Å². The first-order valence-corrected chi connectivity index (χ1v) is 10.2. The standard InChI is InChI=1S/C22H30N4O3/c1-15-8-7-9-19(16(15)2)29-17(3)22(27)23-10-13-28-21-14-20(24-18(4)25-21)26-11-5-6-12-26/h7-9,14,17H,5-6,10-13H2,1-4H3,(H,23,27). The molecule has 0 spiro atoms. The number of benzene rings is 1. The van der Waals surface area contributed by atoms with Crippen molar-refractivity contribution in [1.29, 1.82) is 0 Å². The molecular formula is C22H30N4O3. The summed E-state index contributed by atoms with van der Waals surface area (Å²) in [6.07, 6.45) is 1.79. The molecule has 1 aromatic carbocycles. The molecule has 1 unspecified atom stereocenters. The maximum Gasteiger partial charge on any atom is 0.260 e. The Morgan fingerprint density at radius 2 is 1.97 bits per heavy atom. The zero-order valence-electron chi connectivity index (χ0n) is 17.7. The van der Waals surface area contributed by atoms with E-state index < -0.39 is 6.10 Å². The molecule has 0 bridgehead atoms. The molecule has 29 heavy (non-hydrogen) atoms. The van der Waals surface area contributed by atoms with Gasteiger partial charge in [-0.3, -0.25) is 4.79 Å². The molecule has 1 aliphatic heterocycles. The molecule has 7 heteroatoms. The van der Waals surface area contributed by atoms with Gasteiger partial charge in [-0.15, -0.1) is 0 Å². The maximum absolute atomic E-state index is 12.3. The third kappa shape index (κ3) is 5.59. The molecule has 156 valence electrons. The molecule has 0 aliphatic carbocycles. The van der Waals surface area contributed by atoms with Gasteiger partial charge in [0.25, 0.3) is 5.91 Å². The third-order valence-corrected chi connectivity index (χ3v) is 5.11. The zero-order valence-corrected chi connectivity index (χ0v) is 17.7. The molecule has 1 saturated heterocycles. The number of aromatic nitrogens is 2. The largest absolute Gasteiger partial charge is 0.481 e. The highest BCUT2D eigenvalue weighted by Gasteiger charge is 2.17. The van der Waals surface area contributed by atoms with Gasteiger partial charge in [0, 0.05) is 19.2 Å². The molecule has 1 aliphatic rings. The molecule has 1 atom stereocenters. The van der Waals surface area contributed by atoms with Crippen molar-refractivity contribution in [3.8, 4) is 11.6 Å². The van der Waals surface area contributed by atoms with E-state index in [1.165, 1.54) is 12.8 Å². The highest BCUT2D eigenvalue weighted by Crippen LogP contribution is 2.22. The van der Waals surface area contributed by atoms with E-state index in [0.29, 0.717) is 24.9 Å². The maximum atomic E-state index is 12.3. The monoisotopic (exact) mass is 398 g/mol. The second kappa shape index (κ2) is 9.58. The van der Waals surface area contributed by atoms with E-state index in [9.17, 15) is 4.79 Å². The fourth-order valence-electron chi connectivity index (χ4n) is 3.28. The van der Waals surface area contributed by atoms with Crippen molar-refractivity contribution in [2.75, 3.05) is 31.1 Å². The predicted molar refractivity (Wildman–Crippen MR) is 113 cm³/mol. The van der Waals surface area contributed by atoms with Crippen molar-refractivity contribution in [2.24, 2.45) is 0 Å². The first-order chi connectivity index (χ1) is 13.9. The van der Waals surface area contributed by atoms with Crippen LogP contribution in [0.25, 0.3) is 0 Å². The van der Waals surface area contributed by atoms with Crippen molar-refractivity contribution in [3.63, 3.8) is 0 Å². The average molecular weight is 399 g/mol. The highest BCUT2D eigenvalue weighted by atomic mass is 16.5. The van der Waals surface area contributed by atoms with Crippen molar-refractivity contribution in [3.05, 3.63) is 41.2 Å². The van der Waals surface area contributed by atoms with Gasteiger partial charge in [0.05, 0.1) is 6.54 Å². The molecule has 3 rings (SSSR count). The summed E-state index contributed by atoms with van der Waals surface area (Å²) in [7, 11) is 0. The molecule has 0 saturated carbocycles. The van der Waals surface area contributed by atoms with Gasteiger partial charge >= 0.3 is 0 Å². The quantitative estimate of drug-likeness (QED) is 0.689. The Hall–Kier alpha value is -2.83. The van der Waals surface area contributed by atoms with Crippen LogP contribution in [0.2, 0.25) is 0 Å². The Bertz CT molecular complexity index is 850. The smallest absolute Gasteiger partial charge is 0.260 e. The first kappa shape index (κ1) is 20.9. The molecule has 1 fully saturated rings. The number of ether oxygens (including phenoxy) is 2. The van der Waals surface area contributed by atoms with Gasteiger partial charge in [-0.1, -0.05) is 12.1 Å². The zero-order chi connectivity index (χ0) is 20.8. The van der Waals surface area contributed by atoms with Gasteiger partial charge in [-0.05, 0) is 57.7 Å². The van der Waals surface area contributed by atoms with Crippen LogP contribution < -0.4 is 19.7 Å². The molecular weight excluding hydrogens is 368 g/mol. The third-order valence-electron chi connectivity index (χ3n) is 5.11. The molecule has 2 heterocycles. The number of carbonyl (C=O) groups is 1. The van der Waals surface area contributed by atoms with Gasteiger partial charge in [0.1, 0.15) is 24.0 Å². The van der Waals surface area contributed by atoms with Gasteiger partial charge in [0.2, 0.25) is 5.88 Å². The van der Waals surface area contributed by atoms with Crippen LogP contribution in [0.4, 0.5) is 5.82 Å². The van der Waals surface area contributed by atoms with Crippen LogP contribution in [0, 0.1) is 20.8 Å². The number of carbonyl (C=O) groups excluding carboxylic acids is 1. The van der Waals surface area contributed by atoms with Gasteiger partial charge in [0.15, 0.2) is 6.10 Å². The number of anilines is 1. The Balaban J connectivity index is 1.46. The van der Waals surface area contributed by atoms with E-state index >= 15 is 0 Å².